The lowest BCUT2D eigenvalue weighted by molar-refractivity contribution is 0.438. The number of hydrogen-bond donors (Lipinski definition) is 1. The number of nitrogens with one attached hydrogen (secondary N) is 1. The normalized spacial score (nSPS) is 16.3. The first-order chi connectivity index (χ1) is 11.0. The second-order valence-corrected chi connectivity index (χ2v) is 7.82. The highest BCUT2D eigenvalue weighted by Gasteiger charge is 2.17. The predicted molar refractivity (Wildman–Crippen MR) is 94.3 cm³/mol. The number of anilines is 2. The number of piperidine rings is 1. The Kier molecular flexibility index (Phi) is 4.57. The van der Waals surface area contributed by atoms with Gasteiger partial charge in [0.25, 0.3) is 10.0 Å². The Morgan fingerprint density at radius 1 is 0.957 bits per heavy atom. The van der Waals surface area contributed by atoms with Gasteiger partial charge in [-0.2, -0.15) is 0 Å². The lowest BCUT2D eigenvalue weighted by atomic mass is 9.99. The third-order valence-electron chi connectivity index (χ3n) is 4.32. The predicted octanol–water partition coefficient (Wildman–Crippen LogP) is 3.72. The average Bonchev–Trinajstić information content (AvgIpc) is 2.57. The van der Waals surface area contributed by atoms with Crippen LogP contribution in [-0.2, 0) is 10.0 Å². The van der Waals surface area contributed by atoms with Gasteiger partial charge in [0.2, 0.25) is 0 Å². The van der Waals surface area contributed by atoms with Crippen LogP contribution in [0.2, 0.25) is 0 Å². The smallest absolute Gasteiger partial charge is 0.261 e. The van der Waals surface area contributed by atoms with Crippen LogP contribution in [0.15, 0.2) is 59.5 Å². The molecule has 1 N–H and O–H groups in total. The van der Waals surface area contributed by atoms with Gasteiger partial charge in [0, 0.05) is 24.5 Å². The van der Waals surface area contributed by atoms with Crippen molar-refractivity contribution in [2.45, 2.75) is 24.7 Å². The van der Waals surface area contributed by atoms with E-state index in [1.807, 2.05) is 24.3 Å². The Hall–Kier alpha value is -2.01. The highest BCUT2D eigenvalue weighted by atomic mass is 32.2. The topological polar surface area (TPSA) is 49.4 Å². The molecule has 1 fully saturated rings. The fourth-order valence-corrected chi connectivity index (χ4v) is 3.90. The summed E-state index contributed by atoms with van der Waals surface area (Å²) in [5.41, 5.74) is 1.74. The highest BCUT2D eigenvalue weighted by molar-refractivity contribution is 7.92. The van der Waals surface area contributed by atoms with Crippen molar-refractivity contribution in [2.75, 3.05) is 22.7 Å². The molecule has 122 valence electrons. The molecule has 1 aliphatic rings. The van der Waals surface area contributed by atoms with Crippen LogP contribution >= 0.6 is 0 Å². The summed E-state index contributed by atoms with van der Waals surface area (Å²) in [5, 5.41) is 0. The average molecular weight is 330 g/mol. The monoisotopic (exact) mass is 330 g/mol. The van der Waals surface area contributed by atoms with Gasteiger partial charge in [0.05, 0.1) is 4.90 Å². The first kappa shape index (κ1) is 15.9. The van der Waals surface area contributed by atoms with E-state index in [1.54, 1.807) is 30.3 Å². The summed E-state index contributed by atoms with van der Waals surface area (Å²) in [6.45, 7) is 4.42. The molecule has 2 aromatic rings. The van der Waals surface area contributed by atoms with E-state index in [9.17, 15) is 8.42 Å². The summed E-state index contributed by atoms with van der Waals surface area (Å²) in [4.78, 5) is 2.63. The number of rotatable bonds is 4. The molecule has 2 aromatic carbocycles. The van der Waals surface area contributed by atoms with Crippen molar-refractivity contribution in [2.24, 2.45) is 5.92 Å². The minimum absolute atomic E-state index is 0.272. The van der Waals surface area contributed by atoms with E-state index in [-0.39, 0.29) is 4.90 Å². The summed E-state index contributed by atoms with van der Waals surface area (Å²) in [6.07, 6.45) is 2.42. The zero-order valence-electron chi connectivity index (χ0n) is 13.3. The molecule has 23 heavy (non-hydrogen) atoms. The largest absolute Gasteiger partial charge is 0.372 e. The maximum atomic E-state index is 12.3. The molecule has 0 unspecified atom stereocenters. The Morgan fingerprint density at radius 2 is 1.57 bits per heavy atom. The lowest BCUT2D eigenvalue weighted by Gasteiger charge is -2.32. The Morgan fingerprint density at radius 3 is 2.17 bits per heavy atom. The van der Waals surface area contributed by atoms with Crippen LogP contribution in [0.3, 0.4) is 0 Å². The van der Waals surface area contributed by atoms with Crippen LogP contribution < -0.4 is 9.62 Å². The molecule has 1 heterocycles. The number of benzene rings is 2. The molecular formula is C18H22N2O2S. The third kappa shape index (κ3) is 3.85. The quantitative estimate of drug-likeness (QED) is 0.929. The van der Waals surface area contributed by atoms with E-state index in [2.05, 4.69) is 16.5 Å². The van der Waals surface area contributed by atoms with Crippen LogP contribution in [0.25, 0.3) is 0 Å². The molecule has 1 saturated heterocycles. The number of hydrogen-bond acceptors (Lipinski definition) is 3. The Bertz CT molecular complexity index is 734. The van der Waals surface area contributed by atoms with Crippen molar-refractivity contribution in [1.82, 2.24) is 0 Å². The van der Waals surface area contributed by atoms with Gasteiger partial charge in [-0.25, -0.2) is 8.42 Å². The zero-order chi connectivity index (χ0) is 16.3. The summed E-state index contributed by atoms with van der Waals surface area (Å²) < 4.78 is 27.2. The maximum Gasteiger partial charge on any atom is 0.261 e. The van der Waals surface area contributed by atoms with E-state index >= 15 is 0 Å². The van der Waals surface area contributed by atoms with Crippen LogP contribution in [0.1, 0.15) is 19.8 Å². The third-order valence-corrected chi connectivity index (χ3v) is 5.72. The van der Waals surface area contributed by atoms with Crippen LogP contribution in [-0.4, -0.2) is 21.5 Å². The maximum absolute atomic E-state index is 12.3. The minimum atomic E-state index is -3.52. The molecule has 3 rings (SSSR count). The molecule has 5 heteroatoms. The van der Waals surface area contributed by atoms with Crippen LogP contribution in [0.4, 0.5) is 11.4 Å². The van der Waals surface area contributed by atoms with Crippen LogP contribution in [0, 0.1) is 5.92 Å². The van der Waals surface area contributed by atoms with E-state index in [4.69, 9.17) is 0 Å². The molecule has 1 aliphatic heterocycles. The molecule has 0 spiro atoms. The molecule has 0 aromatic heterocycles. The van der Waals surface area contributed by atoms with Crippen LogP contribution in [0.5, 0.6) is 0 Å². The van der Waals surface area contributed by atoms with Gasteiger partial charge in [-0.1, -0.05) is 25.1 Å². The fraction of sp³-hybridized carbons (Fsp3) is 0.333. The number of nitrogens with zero attached hydrogens (tertiary/aromatic N) is 1. The molecule has 4 nitrogen and oxygen atoms in total. The van der Waals surface area contributed by atoms with Crippen molar-refractivity contribution >= 4 is 21.4 Å². The first-order valence-corrected chi connectivity index (χ1v) is 9.46. The van der Waals surface area contributed by atoms with E-state index in [1.165, 1.54) is 12.8 Å². The molecule has 0 radical (unpaired) electrons. The van der Waals surface area contributed by atoms with Crippen molar-refractivity contribution < 1.29 is 8.42 Å². The molecule has 0 aliphatic carbocycles. The number of sulfonamides is 1. The summed E-state index contributed by atoms with van der Waals surface area (Å²) in [6, 6.07) is 16.0. The van der Waals surface area contributed by atoms with Gasteiger partial charge in [0.15, 0.2) is 0 Å². The molecule has 0 saturated carbocycles. The lowest BCUT2D eigenvalue weighted by Crippen LogP contribution is -2.32. The van der Waals surface area contributed by atoms with Gasteiger partial charge in [0.1, 0.15) is 0 Å². The van der Waals surface area contributed by atoms with Gasteiger partial charge >= 0.3 is 0 Å². The molecule has 0 amide bonds. The SMILES string of the molecule is CC1CCN(c2ccc(NS(=O)(=O)c3ccccc3)cc2)CC1. The fourth-order valence-electron chi connectivity index (χ4n) is 2.82. The molecule has 0 atom stereocenters. The van der Waals surface area contributed by atoms with Gasteiger partial charge in [-0.05, 0) is 55.2 Å². The minimum Gasteiger partial charge on any atom is -0.372 e. The van der Waals surface area contributed by atoms with Gasteiger partial charge in [-0.15, -0.1) is 0 Å². The van der Waals surface area contributed by atoms with E-state index in [0.717, 1.165) is 24.7 Å². The second-order valence-electron chi connectivity index (χ2n) is 6.13. The molecule has 0 bridgehead atoms. The van der Waals surface area contributed by atoms with Crippen molar-refractivity contribution in [3.63, 3.8) is 0 Å². The second kappa shape index (κ2) is 6.62. The Labute approximate surface area is 138 Å². The highest BCUT2D eigenvalue weighted by Crippen LogP contribution is 2.25. The van der Waals surface area contributed by atoms with Crippen molar-refractivity contribution in [3.05, 3.63) is 54.6 Å². The standard InChI is InChI=1S/C18H22N2O2S/c1-15-11-13-20(14-12-15)17-9-7-16(8-10-17)19-23(21,22)18-5-3-2-4-6-18/h2-10,15,19H,11-14H2,1H3. The first-order valence-electron chi connectivity index (χ1n) is 7.97. The van der Waals surface area contributed by atoms with E-state index in [0.29, 0.717) is 5.69 Å². The summed E-state index contributed by atoms with van der Waals surface area (Å²) in [5.74, 6) is 0.795. The van der Waals surface area contributed by atoms with Gasteiger partial charge in [-0.3, -0.25) is 4.72 Å². The van der Waals surface area contributed by atoms with Gasteiger partial charge < -0.3 is 4.90 Å². The van der Waals surface area contributed by atoms with Crippen molar-refractivity contribution in [3.8, 4) is 0 Å². The zero-order valence-corrected chi connectivity index (χ0v) is 14.1. The summed E-state index contributed by atoms with van der Waals surface area (Å²) >= 11 is 0. The van der Waals surface area contributed by atoms with Crippen molar-refractivity contribution in [1.29, 1.82) is 0 Å². The Balaban J connectivity index is 1.70. The summed E-state index contributed by atoms with van der Waals surface area (Å²) in [7, 11) is -3.52. The molecular weight excluding hydrogens is 308 g/mol. The van der Waals surface area contributed by atoms with E-state index < -0.39 is 10.0 Å².